The summed E-state index contributed by atoms with van der Waals surface area (Å²) in [7, 11) is 0. The highest BCUT2D eigenvalue weighted by molar-refractivity contribution is 5.84. The normalized spacial score (nSPS) is 13.2. The van der Waals surface area contributed by atoms with Gasteiger partial charge in [0.05, 0.1) is 12.0 Å². The predicted molar refractivity (Wildman–Crippen MR) is 89.1 cm³/mol. The van der Waals surface area contributed by atoms with Gasteiger partial charge in [-0.25, -0.2) is 4.79 Å². The van der Waals surface area contributed by atoms with Crippen LogP contribution in [0.25, 0.3) is 11.0 Å². The average Bonchev–Trinajstić information content (AvgIpc) is 2.56. The Morgan fingerprint density at radius 3 is 2.68 bits per heavy atom. The average molecular weight is 346 g/mol. The number of carboxylic acid groups (broad SMARTS) is 1. The topological polar surface area (TPSA) is 109 Å². The highest BCUT2D eigenvalue weighted by atomic mass is 16.5. The molecule has 0 aliphatic heterocycles. The van der Waals surface area contributed by atoms with Crippen LogP contribution in [-0.2, 0) is 9.59 Å². The van der Waals surface area contributed by atoms with Gasteiger partial charge < -0.3 is 24.4 Å². The van der Waals surface area contributed by atoms with Crippen LogP contribution < -0.4 is 20.8 Å². The minimum Gasteiger partial charge on any atom is -0.548 e. The first-order valence-electron chi connectivity index (χ1n) is 7.99. The molecule has 0 aliphatic rings. The van der Waals surface area contributed by atoms with Crippen molar-refractivity contribution in [3.05, 3.63) is 40.2 Å². The summed E-state index contributed by atoms with van der Waals surface area (Å²) in [5, 5.41) is 14.3. The van der Waals surface area contributed by atoms with E-state index in [-0.39, 0.29) is 12.5 Å². The number of carbonyl (C=O) groups excluding carboxylic acids is 2. The maximum atomic E-state index is 11.9. The summed E-state index contributed by atoms with van der Waals surface area (Å²) in [5.41, 5.74) is 0.668. The fraction of sp³-hybridized carbons (Fsp3) is 0.389. The van der Waals surface area contributed by atoms with Gasteiger partial charge in [-0.3, -0.25) is 4.79 Å². The van der Waals surface area contributed by atoms with Crippen LogP contribution in [0.1, 0.15) is 25.8 Å². The molecule has 0 saturated heterocycles. The number of nitrogens with one attached hydrogen (secondary N) is 1. The molecule has 25 heavy (non-hydrogen) atoms. The zero-order valence-electron chi connectivity index (χ0n) is 14.3. The zero-order chi connectivity index (χ0) is 18.6. The lowest BCUT2D eigenvalue weighted by Gasteiger charge is -2.25. The van der Waals surface area contributed by atoms with Crippen molar-refractivity contribution in [1.82, 2.24) is 5.32 Å². The molecule has 0 bridgehead atoms. The Labute approximate surface area is 144 Å². The van der Waals surface area contributed by atoms with Gasteiger partial charge in [0.25, 0.3) is 5.91 Å². The van der Waals surface area contributed by atoms with E-state index in [1.54, 1.807) is 26.0 Å². The number of fused-ring (bicyclic) bond motifs is 1. The molecule has 2 atom stereocenters. The molecule has 0 radical (unpaired) electrons. The molecule has 1 heterocycles. The third-order valence-electron chi connectivity index (χ3n) is 4.08. The van der Waals surface area contributed by atoms with E-state index >= 15 is 0 Å². The second kappa shape index (κ2) is 7.83. The standard InChI is InChI=1S/C18H21NO6/c1-4-10(2)17(18(22)23)19-15(20)9-24-12-5-6-13-11(3)7-16(21)25-14(13)8-12/h5-8,10,17H,4,9H2,1-3H3,(H,19,20)(H,22,23)/p-1/t10-,17-/m1/s1. The van der Waals surface area contributed by atoms with E-state index in [1.165, 1.54) is 12.1 Å². The minimum absolute atomic E-state index is 0.258. The number of hydrogen-bond donors (Lipinski definition) is 1. The van der Waals surface area contributed by atoms with Crippen LogP contribution in [-0.4, -0.2) is 24.5 Å². The van der Waals surface area contributed by atoms with Gasteiger partial charge in [-0.2, -0.15) is 0 Å². The molecule has 1 N–H and O–H groups in total. The largest absolute Gasteiger partial charge is 0.548 e. The van der Waals surface area contributed by atoms with Crippen LogP contribution in [0.3, 0.4) is 0 Å². The summed E-state index contributed by atoms with van der Waals surface area (Å²) in [5.74, 6) is -1.82. The van der Waals surface area contributed by atoms with Gasteiger partial charge in [-0.1, -0.05) is 20.3 Å². The first-order chi connectivity index (χ1) is 11.8. The van der Waals surface area contributed by atoms with E-state index in [1.807, 2.05) is 6.92 Å². The van der Waals surface area contributed by atoms with Crippen molar-refractivity contribution in [1.29, 1.82) is 0 Å². The Morgan fingerprint density at radius 2 is 2.04 bits per heavy atom. The summed E-state index contributed by atoms with van der Waals surface area (Å²) >= 11 is 0. The van der Waals surface area contributed by atoms with E-state index in [0.717, 1.165) is 10.9 Å². The maximum absolute atomic E-state index is 11.9. The SMILES string of the molecule is CC[C@@H](C)[C@@H](NC(=O)COc1ccc2c(C)cc(=O)oc2c1)C(=O)[O-]. The molecule has 134 valence electrons. The zero-order valence-corrected chi connectivity index (χ0v) is 14.3. The number of benzene rings is 1. The lowest BCUT2D eigenvalue weighted by molar-refractivity contribution is -0.309. The highest BCUT2D eigenvalue weighted by Gasteiger charge is 2.19. The molecule has 0 spiro atoms. The fourth-order valence-electron chi connectivity index (χ4n) is 2.43. The molecule has 1 aromatic heterocycles. The number of rotatable bonds is 7. The molecule has 0 fully saturated rings. The Bertz CT molecular complexity index is 841. The molecule has 2 rings (SSSR count). The number of aliphatic carboxylic acids is 1. The monoisotopic (exact) mass is 346 g/mol. The summed E-state index contributed by atoms with van der Waals surface area (Å²) in [6.45, 7) is 4.98. The van der Waals surface area contributed by atoms with E-state index in [4.69, 9.17) is 9.15 Å². The summed E-state index contributed by atoms with van der Waals surface area (Å²) in [4.78, 5) is 34.5. The van der Waals surface area contributed by atoms with Crippen LogP contribution in [0.4, 0.5) is 0 Å². The van der Waals surface area contributed by atoms with E-state index < -0.39 is 23.5 Å². The quantitative estimate of drug-likeness (QED) is 0.742. The molecular formula is C18H20NO6-. The van der Waals surface area contributed by atoms with Crippen LogP contribution in [0.2, 0.25) is 0 Å². The van der Waals surface area contributed by atoms with Crippen molar-refractivity contribution >= 4 is 22.8 Å². The highest BCUT2D eigenvalue weighted by Crippen LogP contribution is 2.22. The lowest BCUT2D eigenvalue weighted by atomic mass is 9.99. The van der Waals surface area contributed by atoms with Gasteiger partial charge >= 0.3 is 5.63 Å². The van der Waals surface area contributed by atoms with Gasteiger partial charge in [0.15, 0.2) is 6.61 Å². The first kappa shape index (κ1) is 18.5. The number of aryl methyl sites for hydroxylation is 1. The van der Waals surface area contributed by atoms with Crippen molar-refractivity contribution in [2.45, 2.75) is 33.2 Å². The summed E-state index contributed by atoms with van der Waals surface area (Å²) in [6, 6.07) is 5.21. The van der Waals surface area contributed by atoms with Crippen molar-refractivity contribution < 1.29 is 23.8 Å². The van der Waals surface area contributed by atoms with Gasteiger partial charge in [-0.15, -0.1) is 0 Å². The van der Waals surface area contributed by atoms with Gasteiger partial charge in [0, 0.05) is 17.5 Å². The Kier molecular flexibility index (Phi) is 5.80. The minimum atomic E-state index is -1.33. The second-order valence-corrected chi connectivity index (χ2v) is 5.94. The summed E-state index contributed by atoms with van der Waals surface area (Å²) < 4.78 is 10.5. The first-order valence-corrected chi connectivity index (χ1v) is 7.99. The van der Waals surface area contributed by atoms with E-state index in [9.17, 15) is 19.5 Å². The Hall–Kier alpha value is -2.83. The molecule has 0 saturated carbocycles. The van der Waals surface area contributed by atoms with Gasteiger partial charge in [0.2, 0.25) is 0 Å². The van der Waals surface area contributed by atoms with Crippen LogP contribution in [0.5, 0.6) is 5.75 Å². The van der Waals surface area contributed by atoms with E-state index in [2.05, 4.69) is 5.32 Å². The van der Waals surface area contributed by atoms with Gasteiger partial charge in [-0.05, 0) is 30.5 Å². The van der Waals surface area contributed by atoms with Crippen molar-refractivity contribution in [3.63, 3.8) is 0 Å². The lowest BCUT2D eigenvalue weighted by Crippen LogP contribution is -2.52. The molecule has 1 amide bonds. The molecule has 0 unspecified atom stereocenters. The maximum Gasteiger partial charge on any atom is 0.336 e. The molecule has 7 heteroatoms. The number of carboxylic acids is 1. The van der Waals surface area contributed by atoms with E-state index in [0.29, 0.717) is 17.8 Å². The smallest absolute Gasteiger partial charge is 0.336 e. The molecule has 1 aromatic carbocycles. The predicted octanol–water partition coefficient (Wildman–Crippen LogP) is 0.761. The van der Waals surface area contributed by atoms with Crippen LogP contribution in [0, 0.1) is 12.8 Å². The number of ether oxygens (including phenoxy) is 1. The number of carbonyl (C=O) groups is 2. The molecule has 0 aliphatic carbocycles. The Morgan fingerprint density at radius 1 is 1.32 bits per heavy atom. The number of hydrogen-bond acceptors (Lipinski definition) is 6. The second-order valence-electron chi connectivity index (χ2n) is 5.94. The molecule has 2 aromatic rings. The Balaban J connectivity index is 2.05. The summed E-state index contributed by atoms with van der Waals surface area (Å²) in [6.07, 6.45) is 0.586. The van der Waals surface area contributed by atoms with Crippen LogP contribution in [0.15, 0.2) is 33.5 Å². The number of amides is 1. The van der Waals surface area contributed by atoms with Crippen LogP contribution >= 0.6 is 0 Å². The molecule has 7 nitrogen and oxygen atoms in total. The van der Waals surface area contributed by atoms with Gasteiger partial charge in [0.1, 0.15) is 11.3 Å². The van der Waals surface area contributed by atoms with Crippen molar-refractivity contribution in [3.8, 4) is 5.75 Å². The molecular weight excluding hydrogens is 326 g/mol. The van der Waals surface area contributed by atoms with Crippen molar-refractivity contribution in [2.75, 3.05) is 6.61 Å². The third kappa shape index (κ3) is 4.59. The fourth-order valence-corrected chi connectivity index (χ4v) is 2.43. The third-order valence-corrected chi connectivity index (χ3v) is 4.08. The van der Waals surface area contributed by atoms with Crippen molar-refractivity contribution in [2.24, 2.45) is 5.92 Å².